The second-order valence-corrected chi connectivity index (χ2v) is 5.35. The SMILES string of the molecule is COc1ccc(C(=O)C(C#N)(C(C)C)C(C)C)cc1. The van der Waals surface area contributed by atoms with Crippen LogP contribution in [-0.2, 0) is 0 Å². The predicted octanol–water partition coefficient (Wildman–Crippen LogP) is 3.70. The zero-order chi connectivity index (χ0) is 14.6. The van der Waals surface area contributed by atoms with E-state index in [-0.39, 0.29) is 17.6 Å². The molecule has 0 spiro atoms. The fraction of sp³-hybridized carbons (Fsp3) is 0.500. The number of hydrogen-bond donors (Lipinski definition) is 0. The molecule has 3 nitrogen and oxygen atoms in total. The smallest absolute Gasteiger partial charge is 0.183 e. The van der Waals surface area contributed by atoms with Gasteiger partial charge in [0.15, 0.2) is 5.78 Å². The molecule has 0 saturated heterocycles. The van der Waals surface area contributed by atoms with Gasteiger partial charge >= 0.3 is 0 Å². The average Bonchev–Trinajstić information content (AvgIpc) is 2.39. The normalized spacial score (nSPS) is 11.5. The molecule has 0 aliphatic rings. The third kappa shape index (κ3) is 2.63. The third-order valence-corrected chi connectivity index (χ3v) is 3.73. The van der Waals surface area contributed by atoms with Crippen molar-refractivity contribution in [3.63, 3.8) is 0 Å². The van der Waals surface area contributed by atoms with Crippen molar-refractivity contribution < 1.29 is 9.53 Å². The Labute approximate surface area is 115 Å². The van der Waals surface area contributed by atoms with Crippen molar-refractivity contribution in [3.8, 4) is 11.8 Å². The van der Waals surface area contributed by atoms with Crippen LogP contribution in [0.15, 0.2) is 24.3 Å². The lowest BCUT2D eigenvalue weighted by Gasteiger charge is -2.33. The van der Waals surface area contributed by atoms with E-state index in [1.807, 2.05) is 27.7 Å². The third-order valence-electron chi connectivity index (χ3n) is 3.73. The number of benzene rings is 1. The first-order chi connectivity index (χ1) is 8.90. The highest BCUT2D eigenvalue weighted by molar-refractivity contribution is 6.02. The molecular formula is C16H21NO2. The van der Waals surface area contributed by atoms with Gasteiger partial charge < -0.3 is 4.74 Å². The lowest BCUT2D eigenvalue weighted by Crippen LogP contribution is -2.40. The van der Waals surface area contributed by atoms with Crippen LogP contribution >= 0.6 is 0 Å². The standard InChI is InChI=1S/C16H21NO2/c1-11(2)16(10-17,12(3)4)15(18)13-6-8-14(19-5)9-7-13/h6-9,11-12H,1-5H3. The van der Waals surface area contributed by atoms with Gasteiger partial charge in [0.05, 0.1) is 13.2 Å². The molecule has 0 atom stereocenters. The van der Waals surface area contributed by atoms with Gasteiger partial charge in [-0.25, -0.2) is 0 Å². The highest BCUT2D eigenvalue weighted by Crippen LogP contribution is 2.38. The van der Waals surface area contributed by atoms with Gasteiger partial charge in [-0.15, -0.1) is 0 Å². The predicted molar refractivity (Wildman–Crippen MR) is 75.0 cm³/mol. The van der Waals surface area contributed by atoms with Gasteiger partial charge in [-0.3, -0.25) is 4.79 Å². The number of rotatable bonds is 5. The molecule has 0 aliphatic heterocycles. The Bertz CT molecular complexity index is 472. The Morgan fingerprint density at radius 3 is 1.95 bits per heavy atom. The van der Waals surface area contributed by atoms with Crippen LogP contribution in [0.25, 0.3) is 0 Å². The van der Waals surface area contributed by atoms with Crippen molar-refractivity contribution in [1.82, 2.24) is 0 Å². The summed E-state index contributed by atoms with van der Waals surface area (Å²) in [5.41, 5.74) is -0.418. The number of carbonyl (C=O) groups excluding carboxylic acids is 1. The molecule has 1 rings (SSSR count). The lowest BCUT2D eigenvalue weighted by molar-refractivity contribution is 0.0719. The summed E-state index contributed by atoms with van der Waals surface area (Å²) in [6.07, 6.45) is 0. The Morgan fingerprint density at radius 1 is 1.16 bits per heavy atom. The summed E-state index contributed by atoms with van der Waals surface area (Å²) in [7, 11) is 1.58. The van der Waals surface area contributed by atoms with Crippen molar-refractivity contribution >= 4 is 5.78 Å². The first kappa shape index (κ1) is 15.2. The average molecular weight is 259 g/mol. The maximum atomic E-state index is 12.7. The maximum Gasteiger partial charge on any atom is 0.183 e. The van der Waals surface area contributed by atoms with Gasteiger partial charge in [-0.2, -0.15) is 5.26 Å². The summed E-state index contributed by atoms with van der Waals surface area (Å²) in [5.74, 6) is 0.523. The van der Waals surface area contributed by atoms with Crippen molar-refractivity contribution in [3.05, 3.63) is 29.8 Å². The molecule has 0 N–H and O–H groups in total. The van der Waals surface area contributed by atoms with E-state index in [1.54, 1.807) is 31.4 Å². The Hall–Kier alpha value is -1.82. The van der Waals surface area contributed by atoms with Crippen molar-refractivity contribution in [2.24, 2.45) is 17.3 Å². The van der Waals surface area contributed by atoms with Gasteiger partial charge in [0.25, 0.3) is 0 Å². The molecule has 0 heterocycles. The van der Waals surface area contributed by atoms with Crippen LogP contribution in [0.5, 0.6) is 5.75 Å². The molecule has 0 amide bonds. The summed E-state index contributed by atoms with van der Waals surface area (Å²) in [6, 6.07) is 9.19. The van der Waals surface area contributed by atoms with Gasteiger partial charge in [0, 0.05) is 5.56 Å². The quantitative estimate of drug-likeness (QED) is 0.757. The van der Waals surface area contributed by atoms with E-state index >= 15 is 0 Å². The number of ketones is 1. The maximum absolute atomic E-state index is 12.7. The monoisotopic (exact) mass is 259 g/mol. The summed E-state index contributed by atoms with van der Waals surface area (Å²) in [4.78, 5) is 12.7. The van der Waals surface area contributed by atoms with Gasteiger partial charge in [-0.05, 0) is 36.1 Å². The van der Waals surface area contributed by atoms with E-state index in [1.165, 1.54) is 0 Å². The number of Topliss-reactive ketones (excluding diaryl/α,β-unsaturated/α-hetero) is 1. The Morgan fingerprint density at radius 2 is 1.63 bits per heavy atom. The van der Waals surface area contributed by atoms with Crippen LogP contribution in [0, 0.1) is 28.6 Å². The van der Waals surface area contributed by atoms with Crippen LogP contribution in [0.2, 0.25) is 0 Å². The van der Waals surface area contributed by atoms with Crippen LogP contribution in [0.4, 0.5) is 0 Å². The van der Waals surface area contributed by atoms with Crippen LogP contribution in [0.1, 0.15) is 38.1 Å². The molecule has 1 aromatic rings. The molecule has 0 aromatic heterocycles. The number of carbonyl (C=O) groups is 1. The zero-order valence-electron chi connectivity index (χ0n) is 12.2. The van der Waals surface area contributed by atoms with Crippen molar-refractivity contribution in [2.75, 3.05) is 7.11 Å². The summed E-state index contributed by atoms with van der Waals surface area (Å²) < 4.78 is 5.08. The van der Waals surface area contributed by atoms with Crippen LogP contribution in [-0.4, -0.2) is 12.9 Å². The summed E-state index contributed by atoms with van der Waals surface area (Å²) in [5, 5.41) is 9.55. The molecule has 0 radical (unpaired) electrons. The number of hydrogen-bond acceptors (Lipinski definition) is 3. The molecule has 3 heteroatoms. The molecule has 0 aliphatic carbocycles. The van der Waals surface area contributed by atoms with E-state index in [4.69, 9.17) is 4.74 Å². The molecular weight excluding hydrogens is 238 g/mol. The molecule has 0 bridgehead atoms. The first-order valence-corrected chi connectivity index (χ1v) is 6.50. The van der Waals surface area contributed by atoms with Gasteiger partial charge in [0.2, 0.25) is 0 Å². The van der Waals surface area contributed by atoms with Crippen molar-refractivity contribution in [1.29, 1.82) is 5.26 Å². The minimum Gasteiger partial charge on any atom is -0.497 e. The van der Waals surface area contributed by atoms with E-state index in [0.717, 1.165) is 0 Å². The highest BCUT2D eigenvalue weighted by Gasteiger charge is 2.45. The second-order valence-electron chi connectivity index (χ2n) is 5.35. The molecule has 1 aromatic carbocycles. The minimum absolute atomic E-state index is 0.0351. The number of nitrogens with zero attached hydrogens (tertiary/aromatic N) is 1. The van der Waals surface area contributed by atoms with E-state index in [9.17, 15) is 10.1 Å². The largest absolute Gasteiger partial charge is 0.497 e. The molecule has 0 saturated carbocycles. The summed E-state index contributed by atoms with van der Waals surface area (Å²) in [6.45, 7) is 7.69. The van der Waals surface area contributed by atoms with Gasteiger partial charge in [-0.1, -0.05) is 27.7 Å². The fourth-order valence-electron chi connectivity index (χ4n) is 2.48. The van der Waals surface area contributed by atoms with Crippen LogP contribution < -0.4 is 4.74 Å². The first-order valence-electron chi connectivity index (χ1n) is 6.50. The second kappa shape index (κ2) is 5.88. The van der Waals surface area contributed by atoms with Crippen molar-refractivity contribution in [2.45, 2.75) is 27.7 Å². The number of nitriles is 1. The summed E-state index contributed by atoms with van der Waals surface area (Å²) >= 11 is 0. The van der Waals surface area contributed by atoms with Crippen LogP contribution in [0.3, 0.4) is 0 Å². The molecule has 102 valence electrons. The number of ether oxygens (including phenoxy) is 1. The molecule has 0 unspecified atom stereocenters. The van der Waals surface area contributed by atoms with E-state index in [2.05, 4.69) is 6.07 Å². The number of methoxy groups -OCH3 is 1. The van der Waals surface area contributed by atoms with E-state index in [0.29, 0.717) is 11.3 Å². The van der Waals surface area contributed by atoms with Gasteiger partial charge in [0.1, 0.15) is 11.2 Å². The molecule has 19 heavy (non-hydrogen) atoms. The minimum atomic E-state index is -0.978. The Balaban J connectivity index is 3.24. The van der Waals surface area contributed by atoms with E-state index < -0.39 is 5.41 Å². The lowest BCUT2D eigenvalue weighted by atomic mass is 9.65. The Kier molecular flexibility index (Phi) is 4.72. The molecule has 0 fully saturated rings. The zero-order valence-corrected chi connectivity index (χ0v) is 12.2. The fourth-order valence-corrected chi connectivity index (χ4v) is 2.48. The highest BCUT2D eigenvalue weighted by atomic mass is 16.5. The topological polar surface area (TPSA) is 50.1 Å².